The molecule has 0 unspecified atom stereocenters. The highest BCUT2D eigenvalue weighted by atomic mass is 16.2. The number of hydrogen-bond acceptors (Lipinski definition) is 1. The van der Waals surface area contributed by atoms with Crippen LogP contribution in [0, 0.1) is 6.92 Å². The largest absolute Gasteiger partial charge is 0.339 e. The lowest BCUT2D eigenvalue weighted by Gasteiger charge is -2.19. The van der Waals surface area contributed by atoms with Crippen LogP contribution in [0.2, 0.25) is 0 Å². The molecule has 0 aliphatic heterocycles. The Morgan fingerprint density at radius 2 is 2.11 bits per heavy atom. The van der Waals surface area contributed by atoms with Crippen molar-refractivity contribution in [3.05, 3.63) is 41.7 Å². The Morgan fingerprint density at radius 1 is 1.33 bits per heavy atom. The lowest BCUT2D eigenvalue weighted by molar-refractivity contribution is 0.0766. The van der Waals surface area contributed by atoms with Gasteiger partial charge in [0.1, 0.15) is 0 Å². The van der Waals surface area contributed by atoms with E-state index in [0.717, 1.165) is 36.3 Å². The third kappa shape index (κ3) is 2.13. The highest BCUT2D eigenvalue weighted by Gasteiger charge is 2.18. The number of carbonyl (C=O) groups excluding carboxylic acids is 1. The van der Waals surface area contributed by atoms with Crippen LogP contribution in [0.5, 0.6) is 0 Å². The van der Waals surface area contributed by atoms with Gasteiger partial charge in [-0.1, -0.05) is 13.0 Å². The van der Waals surface area contributed by atoms with E-state index in [1.54, 1.807) is 0 Å². The molecular formula is C15H20N2O. The Labute approximate surface area is 108 Å². The highest BCUT2D eigenvalue weighted by molar-refractivity contribution is 6.01. The van der Waals surface area contributed by atoms with Crippen LogP contribution in [0.1, 0.15) is 36.3 Å². The average Bonchev–Trinajstić information content (AvgIpc) is 2.73. The van der Waals surface area contributed by atoms with Gasteiger partial charge in [0.2, 0.25) is 0 Å². The van der Waals surface area contributed by atoms with E-state index in [9.17, 15) is 4.79 Å². The standard InChI is InChI=1S/C15H20N2O/c1-4-9-16(5-2)15(18)13-11-12(3)17-10-7-6-8-14(13)17/h6-8,10-11H,4-5,9H2,1-3H3. The summed E-state index contributed by atoms with van der Waals surface area (Å²) in [7, 11) is 0. The van der Waals surface area contributed by atoms with Gasteiger partial charge < -0.3 is 9.30 Å². The summed E-state index contributed by atoms with van der Waals surface area (Å²) >= 11 is 0. The summed E-state index contributed by atoms with van der Waals surface area (Å²) in [6, 6.07) is 7.94. The minimum atomic E-state index is 0.135. The van der Waals surface area contributed by atoms with Crippen LogP contribution in [-0.4, -0.2) is 28.3 Å². The van der Waals surface area contributed by atoms with Crippen LogP contribution >= 0.6 is 0 Å². The summed E-state index contributed by atoms with van der Waals surface area (Å²) in [5, 5.41) is 0. The molecule has 0 aliphatic carbocycles. The molecule has 0 spiro atoms. The van der Waals surface area contributed by atoms with Gasteiger partial charge in [-0.25, -0.2) is 0 Å². The van der Waals surface area contributed by atoms with Gasteiger partial charge in [-0.15, -0.1) is 0 Å². The minimum Gasteiger partial charge on any atom is -0.339 e. The minimum absolute atomic E-state index is 0.135. The van der Waals surface area contributed by atoms with Gasteiger partial charge in [-0.3, -0.25) is 4.79 Å². The lowest BCUT2D eigenvalue weighted by Crippen LogP contribution is -2.31. The average molecular weight is 244 g/mol. The van der Waals surface area contributed by atoms with Crippen molar-refractivity contribution in [2.24, 2.45) is 0 Å². The summed E-state index contributed by atoms with van der Waals surface area (Å²) in [4.78, 5) is 14.4. The maximum Gasteiger partial charge on any atom is 0.256 e. The van der Waals surface area contributed by atoms with Crippen molar-refractivity contribution in [1.82, 2.24) is 9.30 Å². The van der Waals surface area contributed by atoms with Crippen molar-refractivity contribution < 1.29 is 4.79 Å². The molecule has 2 rings (SSSR count). The van der Waals surface area contributed by atoms with Gasteiger partial charge in [0.15, 0.2) is 0 Å². The molecule has 0 saturated heterocycles. The topological polar surface area (TPSA) is 24.7 Å². The second kappa shape index (κ2) is 5.25. The lowest BCUT2D eigenvalue weighted by atomic mass is 10.2. The van der Waals surface area contributed by atoms with E-state index in [4.69, 9.17) is 0 Å². The van der Waals surface area contributed by atoms with Crippen LogP contribution in [0.25, 0.3) is 5.52 Å². The number of rotatable bonds is 4. The molecule has 0 atom stereocenters. The van der Waals surface area contributed by atoms with E-state index >= 15 is 0 Å². The normalized spacial score (nSPS) is 10.8. The maximum absolute atomic E-state index is 12.5. The fourth-order valence-corrected chi connectivity index (χ4v) is 2.34. The molecule has 1 amide bonds. The van der Waals surface area contributed by atoms with Crippen molar-refractivity contribution in [2.45, 2.75) is 27.2 Å². The third-order valence-electron chi connectivity index (χ3n) is 3.26. The molecule has 0 N–H and O–H groups in total. The predicted octanol–water partition coefficient (Wildman–Crippen LogP) is 3.12. The van der Waals surface area contributed by atoms with Gasteiger partial charge in [-0.2, -0.15) is 0 Å². The quantitative estimate of drug-likeness (QED) is 0.811. The SMILES string of the molecule is CCCN(CC)C(=O)c1cc(C)n2ccccc12. The number of aromatic nitrogens is 1. The first kappa shape index (κ1) is 12.7. The number of nitrogens with zero attached hydrogens (tertiary/aromatic N) is 2. The molecule has 3 heteroatoms. The van der Waals surface area contributed by atoms with E-state index in [1.165, 1.54) is 0 Å². The fourth-order valence-electron chi connectivity index (χ4n) is 2.34. The van der Waals surface area contributed by atoms with Gasteiger partial charge in [0.25, 0.3) is 5.91 Å². The molecule has 0 aliphatic rings. The van der Waals surface area contributed by atoms with Crippen LogP contribution < -0.4 is 0 Å². The molecule has 0 radical (unpaired) electrons. The van der Waals surface area contributed by atoms with Crippen molar-refractivity contribution in [3.63, 3.8) is 0 Å². The molecule has 0 aromatic carbocycles. The number of pyridine rings is 1. The molecule has 96 valence electrons. The number of aryl methyl sites for hydroxylation is 1. The summed E-state index contributed by atoms with van der Waals surface area (Å²) in [6.45, 7) is 7.73. The zero-order valence-electron chi connectivity index (χ0n) is 11.3. The van der Waals surface area contributed by atoms with E-state index < -0.39 is 0 Å². The van der Waals surface area contributed by atoms with Crippen molar-refractivity contribution in [3.8, 4) is 0 Å². The summed E-state index contributed by atoms with van der Waals surface area (Å²) in [5.74, 6) is 0.135. The number of fused-ring (bicyclic) bond motifs is 1. The molecule has 0 fully saturated rings. The summed E-state index contributed by atoms with van der Waals surface area (Å²) in [6.07, 6.45) is 2.99. The van der Waals surface area contributed by atoms with Crippen molar-refractivity contribution in [1.29, 1.82) is 0 Å². The van der Waals surface area contributed by atoms with Crippen LogP contribution in [0.15, 0.2) is 30.5 Å². The predicted molar refractivity (Wildman–Crippen MR) is 74.0 cm³/mol. The Hall–Kier alpha value is -1.77. The Balaban J connectivity index is 2.44. The van der Waals surface area contributed by atoms with Crippen LogP contribution in [0.4, 0.5) is 0 Å². The van der Waals surface area contributed by atoms with Gasteiger partial charge in [0.05, 0.1) is 11.1 Å². The molecule has 2 aromatic rings. The number of hydrogen-bond donors (Lipinski definition) is 0. The van der Waals surface area contributed by atoms with E-state index in [2.05, 4.69) is 11.3 Å². The first-order chi connectivity index (χ1) is 8.69. The van der Waals surface area contributed by atoms with Crippen LogP contribution in [0.3, 0.4) is 0 Å². The number of amides is 1. The summed E-state index contributed by atoms with van der Waals surface area (Å²) in [5.41, 5.74) is 2.90. The smallest absolute Gasteiger partial charge is 0.256 e. The Bertz CT molecular complexity index is 557. The molecule has 2 heterocycles. The van der Waals surface area contributed by atoms with Gasteiger partial charge >= 0.3 is 0 Å². The Morgan fingerprint density at radius 3 is 2.78 bits per heavy atom. The zero-order valence-corrected chi connectivity index (χ0v) is 11.3. The van der Waals surface area contributed by atoms with E-state index in [-0.39, 0.29) is 5.91 Å². The highest BCUT2D eigenvalue weighted by Crippen LogP contribution is 2.18. The second-order valence-electron chi connectivity index (χ2n) is 4.54. The summed E-state index contributed by atoms with van der Waals surface area (Å²) < 4.78 is 2.06. The first-order valence-corrected chi connectivity index (χ1v) is 6.55. The molecule has 3 nitrogen and oxygen atoms in total. The van der Waals surface area contributed by atoms with E-state index in [1.807, 2.05) is 49.2 Å². The van der Waals surface area contributed by atoms with Crippen molar-refractivity contribution >= 4 is 11.4 Å². The first-order valence-electron chi connectivity index (χ1n) is 6.55. The molecule has 0 saturated carbocycles. The second-order valence-corrected chi connectivity index (χ2v) is 4.54. The molecule has 2 aromatic heterocycles. The monoisotopic (exact) mass is 244 g/mol. The number of carbonyl (C=O) groups is 1. The van der Waals surface area contributed by atoms with E-state index in [0.29, 0.717) is 0 Å². The Kier molecular flexibility index (Phi) is 3.70. The van der Waals surface area contributed by atoms with Gasteiger partial charge in [0, 0.05) is 25.0 Å². The van der Waals surface area contributed by atoms with Crippen LogP contribution in [-0.2, 0) is 0 Å². The third-order valence-corrected chi connectivity index (χ3v) is 3.26. The van der Waals surface area contributed by atoms with Crippen molar-refractivity contribution in [2.75, 3.05) is 13.1 Å². The fraction of sp³-hybridized carbons (Fsp3) is 0.400. The molecule has 0 bridgehead atoms. The molecular weight excluding hydrogens is 224 g/mol. The maximum atomic E-state index is 12.5. The zero-order chi connectivity index (χ0) is 13.1. The van der Waals surface area contributed by atoms with Gasteiger partial charge in [-0.05, 0) is 38.5 Å². The molecule has 18 heavy (non-hydrogen) atoms.